The highest BCUT2D eigenvalue weighted by Crippen LogP contribution is 2.16. The maximum atomic E-state index is 12.7. The van der Waals surface area contributed by atoms with Crippen LogP contribution >= 0.6 is 0 Å². The number of esters is 3. The molecule has 352 valence electrons. The van der Waals surface area contributed by atoms with E-state index in [1.807, 2.05) is 12.2 Å². The standard InChI is InChI=1S/C55H96O6/c1-4-7-10-13-16-19-21-23-25-27-28-30-31-33-36-39-42-45-48-54(57)60-51-52(50-59-53(56)47-44-41-38-35-18-15-12-9-6-3)61-55(58)49-46-43-40-37-34-32-29-26-24-22-20-17-14-11-8-5-2/h8,11,17,20,24,26,32,34,40,43,52H,4-7,9-10,12-16,18-19,21-23,25,27-31,33,35-39,41-42,44-51H2,1-3H3/b11-8-,20-17-,26-24-,34-32-,43-40-. The molecule has 1 atom stereocenters. The molecule has 0 aromatic heterocycles. The third-order valence-electron chi connectivity index (χ3n) is 11.1. The lowest BCUT2D eigenvalue weighted by Crippen LogP contribution is -2.30. The molecular weight excluding hydrogens is 757 g/mol. The molecule has 0 aliphatic rings. The Morgan fingerprint density at radius 3 is 0.967 bits per heavy atom. The zero-order chi connectivity index (χ0) is 44.4. The van der Waals surface area contributed by atoms with Gasteiger partial charge in [-0.3, -0.25) is 14.4 Å². The fourth-order valence-corrected chi connectivity index (χ4v) is 7.20. The summed E-state index contributed by atoms with van der Waals surface area (Å²) in [7, 11) is 0. The molecule has 0 fully saturated rings. The van der Waals surface area contributed by atoms with E-state index in [1.54, 1.807) is 0 Å². The summed E-state index contributed by atoms with van der Waals surface area (Å²) in [6.07, 6.45) is 60.8. The SMILES string of the molecule is CC/C=C\C/C=C\C/C=C\C/C=C\C/C=C\CCC(=O)OC(COC(=O)CCCCCCCCCCC)COC(=O)CCCCCCCCCCCCCCCCCCCC. The lowest BCUT2D eigenvalue weighted by molar-refractivity contribution is -0.166. The molecule has 0 aliphatic carbocycles. The summed E-state index contributed by atoms with van der Waals surface area (Å²) < 4.78 is 16.7. The van der Waals surface area contributed by atoms with E-state index >= 15 is 0 Å². The molecule has 0 radical (unpaired) electrons. The molecule has 6 nitrogen and oxygen atoms in total. The van der Waals surface area contributed by atoms with Crippen molar-refractivity contribution in [2.45, 2.75) is 258 Å². The maximum absolute atomic E-state index is 12.7. The average molecular weight is 853 g/mol. The molecule has 0 amide bonds. The summed E-state index contributed by atoms with van der Waals surface area (Å²) in [5, 5.41) is 0. The Hall–Kier alpha value is -2.89. The van der Waals surface area contributed by atoms with Crippen molar-refractivity contribution < 1.29 is 28.6 Å². The first-order valence-electron chi connectivity index (χ1n) is 25.8. The van der Waals surface area contributed by atoms with Crippen molar-refractivity contribution in [3.05, 3.63) is 60.8 Å². The maximum Gasteiger partial charge on any atom is 0.306 e. The van der Waals surface area contributed by atoms with E-state index < -0.39 is 6.10 Å². The van der Waals surface area contributed by atoms with Crippen molar-refractivity contribution in [1.29, 1.82) is 0 Å². The third kappa shape index (κ3) is 48.0. The van der Waals surface area contributed by atoms with Gasteiger partial charge in [0, 0.05) is 19.3 Å². The third-order valence-corrected chi connectivity index (χ3v) is 11.1. The van der Waals surface area contributed by atoms with Crippen LogP contribution in [0.1, 0.15) is 252 Å². The summed E-state index contributed by atoms with van der Waals surface area (Å²) in [4.78, 5) is 37.8. The first kappa shape index (κ1) is 58.1. The van der Waals surface area contributed by atoms with E-state index in [1.165, 1.54) is 135 Å². The van der Waals surface area contributed by atoms with Crippen LogP contribution in [-0.2, 0) is 28.6 Å². The largest absolute Gasteiger partial charge is 0.462 e. The molecule has 0 aliphatic heterocycles. The zero-order valence-corrected chi connectivity index (χ0v) is 40.2. The smallest absolute Gasteiger partial charge is 0.306 e. The topological polar surface area (TPSA) is 78.9 Å². The minimum absolute atomic E-state index is 0.101. The quantitative estimate of drug-likeness (QED) is 0.0263. The first-order chi connectivity index (χ1) is 30.0. The number of unbranched alkanes of at least 4 members (excludes halogenated alkanes) is 25. The van der Waals surface area contributed by atoms with E-state index in [0.717, 1.165) is 70.6 Å². The molecule has 0 spiro atoms. The lowest BCUT2D eigenvalue weighted by Gasteiger charge is -2.18. The van der Waals surface area contributed by atoms with Gasteiger partial charge in [-0.15, -0.1) is 0 Å². The van der Waals surface area contributed by atoms with E-state index in [9.17, 15) is 14.4 Å². The minimum atomic E-state index is -0.808. The summed E-state index contributed by atoms with van der Waals surface area (Å²) >= 11 is 0. The van der Waals surface area contributed by atoms with Gasteiger partial charge < -0.3 is 14.2 Å². The first-order valence-corrected chi connectivity index (χ1v) is 25.8. The van der Waals surface area contributed by atoms with Crippen molar-refractivity contribution in [1.82, 2.24) is 0 Å². The van der Waals surface area contributed by atoms with Crippen LogP contribution in [0.3, 0.4) is 0 Å². The van der Waals surface area contributed by atoms with Crippen LogP contribution in [0, 0.1) is 0 Å². The second-order valence-electron chi connectivity index (χ2n) is 17.1. The van der Waals surface area contributed by atoms with E-state index in [4.69, 9.17) is 14.2 Å². The van der Waals surface area contributed by atoms with Gasteiger partial charge in [0.2, 0.25) is 0 Å². The second kappa shape index (κ2) is 49.8. The highest BCUT2D eigenvalue weighted by Gasteiger charge is 2.19. The average Bonchev–Trinajstić information content (AvgIpc) is 3.26. The Kier molecular flexibility index (Phi) is 47.4. The molecule has 0 rings (SSSR count). The van der Waals surface area contributed by atoms with Crippen molar-refractivity contribution in [2.24, 2.45) is 0 Å². The van der Waals surface area contributed by atoms with Gasteiger partial charge in [-0.2, -0.15) is 0 Å². The molecular formula is C55H96O6. The van der Waals surface area contributed by atoms with Crippen LogP contribution < -0.4 is 0 Å². The van der Waals surface area contributed by atoms with Gasteiger partial charge in [0.05, 0.1) is 0 Å². The number of ether oxygens (including phenoxy) is 3. The van der Waals surface area contributed by atoms with Crippen molar-refractivity contribution in [3.63, 3.8) is 0 Å². The number of hydrogen-bond acceptors (Lipinski definition) is 6. The number of carbonyl (C=O) groups excluding carboxylic acids is 3. The lowest BCUT2D eigenvalue weighted by atomic mass is 10.0. The Labute approximate surface area is 377 Å². The number of rotatable bonds is 46. The highest BCUT2D eigenvalue weighted by molar-refractivity contribution is 5.71. The highest BCUT2D eigenvalue weighted by atomic mass is 16.6. The van der Waals surface area contributed by atoms with Gasteiger partial charge in [0.15, 0.2) is 6.10 Å². The molecule has 6 heteroatoms. The van der Waals surface area contributed by atoms with Gasteiger partial charge in [-0.05, 0) is 51.4 Å². The summed E-state index contributed by atoms with van der Waals surface area (Å²) in [6.45, 7) is 6.46. The molecule has 1 unspecified atom stereocenters. The predicted octanol–water partition coefficient (Wildman–Crippen LogP) is 16.9. The van der Waals surface area contributed by atoms with E-state index in [2.05, 4.69) is 69.4 Å². The van der Waals surface area contributed by atoms with Crippen LogP contribution in [0.25, 0.3) is 0 Å². The molecule has 0 aromatic rings. The van der Waals surface area contributed by atoms with Crippen LogP contribution in [-0.4, -0.2) is 37.2 Å². The molecule has 0 N–H and O–H groups in total. The van der Waals surface area contributed by atoms with Gasteiger partial charge in [-0.1, -0.05) is 242 Å². The monoisotopic (exact) mass is 853 g/mol. The summed E-state index contributed by atoms with van der Waals surface area (Å²) in [5.74, 6) is -0.981. The Balaban J connectivity index is 4.39. The molecule has 61 heavy (non-hydrogen) atoms. The van der Waals surface area contributed by atoms with Crippen LogP contribution in [0.5, 0.6) is 0 Å². The summed E-state index contributed by atoms with van der Waals surface area (Å²) in [6, 6.07) is 0. The van der Waals surface area contributed by atoms with Gasteiger partial charge in [0.25, 0.3) is 0 Å². The van der Waals surface area contributed by atoms with Crippen molar-refractivity contribution in [3.8, 4) is 0 Å². The number of carbonyl (C=O) groups is 3. The fraction of sp³-hybridized carbons (Fsp3) is 0.764. The Bertz CT molecular complexity index is 1120. The van der Waals surface area contributed by atoms with Crippen LogP contribution in [0.15, 0.2) is 60.8 Å². The molecule has 0 saturated heterocycles. The van der Waals surface area contributed by atoms with Crippen molar-refractivity contribution in [2.75, 3.05) is 13.2 Å². The minimum Gasteiger partial charge on any atom is -0.462 e. The molecule has 0 saturated carbocycles. The van der Waals surface area contributed by atoms with Crippen LogP contribution in [0.4, 0.5) is 0 Å². The Morgan fingerprint density at radius 1 is 0.344 bits per heavy atom. The molecule has 0 aromatic carbocycles. The van der Waals surface area contributed by atoms with Gasteiger partial charge >= 0.3 is 17.9 Å². The second-order valence-corrected chi connectivity index (χ2v) is 17.1. The van der Waals surface area contributed by atoms with Gasteiger partial charge in [0.1, 0.15) is 13.2 Å². The Morgan fingerprint density at radius 2 is 0.639 bits per heavy atom. The van der Waals surface area contributed by atoms with Gasteiger partial charge in [-0.25, -0.2) is 0 Å². The zero-order valence-electron chi connectivity index (χ0n) is 40.2. The van der Waals surface area contributed by atoms with Crippen molar-refractivity contribution >= 4 is 17.9 Å². The predicted molar refractivity (Wildman–Crippen MR) is 261 cm³/mol. The summed E-state index contributed by atoms with van der Waals surface area (Å²) in [5.41, 5.74) is 0. The fourth-order valence-electron chi connectivity index (χ4n) is 7.20. The van der Waals surface area contributed by atoms with E-state index in [0.29, 0.717) is 19.3 Å². The molecule has 0 heterocycles. The number of hydrogen-bond donors (Lipinski definition) is 0. The number of allylic oxidation sites excluding steroid dienone is 10. The molecule has 0 bridgehead atoms. The van der Waals surface area contributed by atoms with Crippen LogP contribution in [0.2, 0.25) is 0 Å². The normalized spacial score (nSPS) is 12.5. The van der Waals surface area contributed by atoms with E-state index in [-0.39, 0.29) is 37.5 Å².